The monoisotopic (exact) mass is 354 g/mol. The van der Waals surface area contributed by atoms with Crippen molar-refractivity contribution in [1.29, 1.82) is 0 Å². The highest BCUT2D eigenvalue weighted by Crippen LogP contribution is 2.27. The van der Waals surface area contributed by atoms with E-state index in [-0.39, 0.29) is 4.90 Å². The summed E-state index contributed by atoms with van der Waals surface area (Å²) in [5.41, 5.74) is 2.90. The fourth-order valence-electron chi connectivity index (χ4n) is 1.75. The number of anilines is 1. The topological polar surface area (TPSA) is 59.1 Å². The lowest BCUT2D eigenvalue weighted by atomic mass is 10.1. The van der Waals surface area contributed by atoms with Crippen molar-refractivity contribution in [3.8, 4) is 0 Å². The van der Waals surface area contributed by atoms with Crippen molar-refractivity contribution < 1.29 is 8.42 Å². The van der Waals surface area contributed by atoms with Crippen LogP contribution < -0.4 is 4.72 Å². The normalized spacial score (nSPS) is 11.4. The van der Waals surface area contributed by atoms with Crippen LogP contribution in [0.15, 0.2) is 39.8 Å². The Morgan fingerprint density at radius 1 is 1.10 bits per heavy atom. The van der Waals surface area contributed by atoms with Crippen LogP contribution in [0.2, 0.25) is 0 Å². The van der Waals surface area contributed by atoms with Crippen molar-refractivity contribution in [1.82, 2.24) is 4.98 Å². The minimum absolute atomic E-state index is 0.212. The van der Waals surface area contributed by atoms with Crippen LogP contribution in [0.3, 0.4) is 0 Å². The number of nitrogens with zero attached hydrogens (tertiary/aromatic N) is 1. The van der Waals surface area contributed by atoms with Gasteiger partial charge in [0.05, 0.1) is 0 Å². The molecule has 0 spiro atoms. The molecule has 20 heavy (non-hydrogen) atoms. The Labute approximate surface area is 127 Å². The summed E-state index contributed by atoms with van der Waals surface area (Å²) in [6, 6.07) is 6.95. The number of benzene rings is 1. The highest BCUT2D eigenvalue weighted by molar-refractivity contribution is 9.10. The lowest BCUT2D eigenvalue weighted by Gasteiger charge is -2.11. The average molecular weight is 355 g/mol. The highest BCUT2D eigenvalue weighted by atomic mass is 79.9. The quantitative estimate of drug-likeness (QED) is 0.916. The van der Waals surface area contributed by atoms with Gasteiger partial charge in [-0.25, -0.2) is 13.4 Å². The third-order valence-electron chi connectivity index (χ3n) is 2.99. The molecule has 0 unspecified atom stereocenters. The molecule has 0 aliphatic carbocycles. The van der Waals surface area contributed by atoms with Gasteiger partial charge >= 0.3 is 0 Å². The maximum absolute atomic E-state index is 12.4. The summed E-state index contributed by atoms with van der Waals surface area (Å²) < 4.78 is 27.9. The molecule has 1 aromatic heterocycles. The highest BCUT2D eigenvalue weighted by Gasteiger charge is 2.19. The lowest BCUT2D eigenvalue weighted by molar-refractivity contribution is 0.600. The van der Waals surface area contributed by atoms with Crippen LogP contribution in [-0.2, 0) is 10.0 Å². The van der Waals surface area contributed by atoms with E-state index in [4.69, 9.17) is 0 Å². The number of halogens is 1. The first kappa shape index (κ1) is 15.0. The molecule has 4 nitrogen and oxygen atoms in total. The Balaban J connectivity index is 2.43. The van der Waals surface area contributed by atoms with Gasteiger partial charge in [-0.05, 0) is 77.7 Å². The van der Waals surface area contributed by atoms with Gasteiger partial charge in [0.25, 0.3) is 10.0 Å². The minimum atomic E-state index is -3.66. The molecule has 0 radical (unpaired) electrons. The number of rotatable bonds is 3. The van der Waals surface area contributed by atoms with Gasteiger partial charge in [-0.15, -0.1) is 0 Å². The van der Waals surface area contributed by atoms with Crippen molar-refractivity contribution in [2.75, 3.05) is 4.72 Å². The average Bonchev–Trinajstić information content (AvgIpc) is 2.33. The second kappa shape index (κ2) is 5.54. The lowest BCUT2D eigenvalue weighted by Crippen LogP contribution is -2.15. The van der Waals surface area contributed by atoms with Crippen LogP contribution in [0, 0.1) is 20.8 Å². The summed E-state index contributed by atoms with van der Waals surface area (Å²) in [5, 5.41) is 0. The summed E-state index contributed by atoms with van der Waals surface area (Å²) >= 11 is 3.31. The van der Waals surface area contributed by atoms with Gasteiger partial charge in [0.1, 0.15) is 10.7 Å². The molecule has 106 valence electrons. The molecule has 6 heteroatoms. The predicted molar refractivity (Wildman–Crippen MR) is 83.4 cm³/mol. The first-order valence-electron chi connectivity index (χ1n) is 6.02. The van der Waals surface area contributed by atoms with Gasteiger partial charge in [0, 0.05) is 10.7 Å². The Kier molecular flexibility index (Phi) is 4.15. The molecule has 1 heterocycles. The van der Waals surface area contributed by atoms with Crippen LogP contribution in [0.25, 0.3) is 0 Å². The number of aryl methyl sites for hydroxylation is 3. The first-order chi connectivity index (χ1) is 9.29. The SMILES string of the molecule is Cc1ccnc(NS(=O)(=O)c2cc(C)c(C)cc2Br)c1. The summed E-state index contributed by atoms with van der Waals surface area (Å²) in [7, 11) is -3.66. The van der Waals surface area contributed by atoms with Crippen molar-refractivity contribution in [3.63, 3.8) is 0 Å². The Morgan fingerprint density at radius 2 is 1.75 bits per heavy atom. The van der Waals surface area contributed by atoms with Crippen molar-refractivity contribution in [3.05, 3.63) is 51.6 Å². The van der Waals surface area contributed by atoms with Crippen LogP contribution in [0.1, 0.15) is 16.7 Å². The Morgan fingerprint density at radius 3 is 2.40 bits per heavy atom. The largest absolute Gasteiger partial charge is 0.264 e. The molecule has 1 N–H and O–H groups in total. The number of nitrogens with one attached hydrogen (secondary N) is 1. The Bertz CT molecular complexity index is 758. The zero-order valence-corrected chi connectivity index (χ0v) is 13.8. The van der Waals surface area contributed by atoms with Gasteiger partial charge < -0.3 is 0 Å². The van der Waals surface area contributed by atoms with Crippen molar-refractivity contribution in [2.45, 2.75) is 25.7 Å². The van der Waals surface area contributed by atoms with E-state index in [0.29, 0.717) is 10.3 Å². The van der Waals surface area contributed by atoms with E-state index in [1.54, 1.807) is 24.4 Å². The number of hydrogen-bond donors (Lipinski definition) is 1. The predicted octanol–water partition coefficient (Wildman–Crippen LogP) is 3.57. The number of hydrogen-bond acceptors (Lipinski definition) is 3. The minimum Gasteiger partial charge on any atom is -0.263 e. The molecule has 2 aromatic rings. The van der Waals surface area contributed by atoms with Crippen molar-refractivity contribution in [2.24, 2.45) is 0 Å². The summed E-state index contributed by atoms with van der Waals surface area (Å²) in [5.74, 6) is 0.315. The molecular weight excluding hydrogens is 340 g/mol. The molecule has 0 atom stereocenters. The molecule has 0 saturated carbocycles. The molecule has 0 bridgehead atoms. The summed E-state index contributed by atoms with van der Waals surface area (Å²) in [6.45, 7) is 5.70. The van der Waals surface area contributed by atoms with E-state index in [1.807, 2.05) is 26.8 Å². The zero-order chi connectivity index (χ0) is 14.9. The van der Waals surface area contributed by atoms with E-state index < -0.39 is 10.0 Å². The summed E-state index contributed by atoms with van der Waals surface area (Å²) in [6.07, 6.45) is 1.57. The molecule has 1 aromatic carbocycles. The van der Waals surface area contributed by atoms with E-state index in [2.05, 4.69) is 25.6 Å². The zero-order valence-electron chi connectivity index (χ0n) is 11.4. The fraction of sp³-hybridized carbons (Fsp3) is 0.214. The van der Waals surface area contributed by atoms with Gasteiger partial charge in [-0.3, -0.25) is 4.72 Å². The van der Waals surface area contributed by atoms with E-state index in [9.17, 15) is 8.42 Å². The fourth-order valence-corrected chi connectivity index (χ4v) is 3.99. The third kappa shape index (κ3) is 3.19. The van der Waals surface area contributed by atoms with E-state index in [0.717, 1.165) is 16.7 Å². The van der Waals surface area contributed by atoms with E-state index >= 15 is 0 Å². The van der Waals surface area contributed by atoms with Gasteiger partial charge in [-0.2, -0.15) is 0 Å². The molecule has 0 aliphatic heterocycles. The second-order valence-electron chi connectivity index (χ2n) is 4.69. The van der Waals surface area contributed by atoms with Crippen LogP contribution in [-0.4, -0.2) is 13.4 Å². The standard InChI is InChI=1S/C14H15BrN2O2S/c1-9-4-5-16-14(6-9)17-20(18,19)13-8-11(3)10(2)7-12(13)15/h4-8H,1-3H3,(H,16,17). The maximum Gasteiger partial charge on any atom is 0.264 e. The molecule has 0 amide bonds. The molecular formula is C14H15BrN2O2S. The smallest absolute Gasteiger partial charge is 0.263 e. The van der Waals surface area contributed by atoms with Gasteiger partial charge in [-0.1, -0.05) is 0 Å². The number of pyridine rings is 1. The van der Waals surface area contributed by atoms with Crippen LogP contribution in [0.5, 0.6) is 0 Å². The van der Waals surface area contributed by atoms with Crippen LogP contribution in [0.4, 0.5) is 5.82 Å². The third-order valence-corrected chi connectivity index (χ3v) is 5.31. The van der Waals surface area contributed by atoms with Gasteiger partial charge in [0.15, 0.2) is 0 Å². The molecule has 2 rings (SSSR count). The molecule has 0 fully saturated rings. The van der Waals surface area contributed by atoms with Gasteiger partial charge in [0.2, 0.25) is 0 Å². The van der Waals surface area contributed by atoms with E-state index in [1.165, 1.54) is 0 Å². The first-order valence-corrected chi connectivity index (χ1v) is 8.29. The molecule has 0 aliphatic rings. The molecule has 0 saturated heterocycles. The number of aromatic nitrogens is 1. The maximum atomic E-state index is 12.4. The van der Waals surface area contributed by atoms with Crippen molar-refractivity contribution >= 4 is 31.8 Å². The summed E-state index contributed by atoms with van der Waals surface area (Å²) in [4.78, 5) is 4.23. The second-order valence-corrected chi connectivity index (χ2v) is 7.20. The van der Waals surface area contributed by atoms with Crippen LogP contribution >= 0.6 is 15.9 Å². The Hall–Kier alpha value is -1.40. The number of sulfonamides is 1.